The molecule has 0 saturated carbocycles. The van der Waals surface area contributed by atoms with Crippen LogP contribution in [0.3, 0.4) is 0 Å². The molecule has 0 bridgehead atoms. The lowest BCUT2D eigenvalue weighted by molar-refractivity contribution is -0.131. The average molecular weight is 367 g/mol. The summed E-state index contributed by atoms with van der Waals surface area (Å²) in [6.07, 6.45) is 3.77. The van der Waals surface area contributed by atoms with Crippen LogP contribution in [-0.4, -0.2) is 48.4 Å². The number of carbonyl (C=O) groups is 2. The molecule has 2 aromatic rings. The van der Waals surface area contributed by atoms with Crippen LogP contribution >= 0.6 is 0 Å². The number of aromatic nitrogens is 1. The molecule has 2 heterocycles. The minimum absolute atomic E-state index is 0.00674. The van der Waals surface area contributed by atoms with Crippen molar-refractivity contribution in [1.29, 1.82) is 0 Å². The van der Waals surface area contributed by atoms with E-state index in [0.29, 0.717) is 30.3 Å². The van der Waals surface area contributed by atoms with Crippen LogP contribution in [-0.2, 0) is 4.79 Å². The molecule has 2 amide bonds. The number of nitrogens with zero attached hydrogens (tertiary/aromatic N) is 2. The zero-order valence-corrected chi connectivity index (χ0v) is 15.8. The summed E-state index contributed by atoms with van der Waals surface area (Å²) in [6, 6.07) is 11.0. The third-order valence-corrected chi connectivity index (χ3v) is 4.99. The van der Waals surface area contributed by atoms with Crippen LogP contribution in [0, 0.1) is 6.92 Å². The van der Waals surface area contributed by atoms with Crippen LogP contribution in [0.4, 0.5) is 0 Å². The maximum absolute atomic E-state index is 12.4. The van der Waals surface area contributed by atoms with E-state index in [0.717, 1.165) is 18.5 Å². The molecule has 1 N–H and O–H groups in total. The summed E-state index contributed by atoms with van der Waals surface area (Å²) in [5.41, 5.74) is 2.73. The molecule has 142 valence electrons. The molecule has 0 atom stereocenters. The van der Waals surface area contributed by atoms with Gasteiger partial charge in [-0.1, -0.05) is 12.1 Å². The number of likely N-dealkylation sites (tertiary alicyclic amines) is 1. The Bertz CT molecular complexity index is 797. The van der Waals surface area contributed by atoms with Crippen LogP contribution in [0.1, 0.15) is 40.4 Å². The summed E-state index contributed by atoms with van der Waals surface area (Å²) in [7, 11) is 1.55. The second-order valence-corrected chi connectivity index (χ2v) is 6.80. The number of amides is 2. The monoisotopic (exact) mass is 367 g/mol. The molecule has 1 aliphatic rings. The maximum Gasteiger partial charge on any atom is 0.251 e. The zero-order valence-electron chi connectivity index (χ0n) is 15.8. The Balaban J connectivity index is 1.48. The summed E-state index contributed by atoms with van der Waals surface area (Å²) >= 11 is 0. The Hall–Kier alpha value is -2.89. The molecule has 1 saturated heterocycles. The first-order chi connectivity index (χ1) is 13.1. The van der Waals surface area contributed by atoms with Gasteiger partial charge in [0.15, 0.2) is 0 Å². The number of benzene rings is 1. The summed E-state index contributed by atoms with van der Waals surface area (Å²) in [4.78, 5) is 30.8. The number of methoxy groups -OCH3 is 1. The number of nitrogens with one attached hydrogen (secondary N) is 1. The third-order valence-electron chi connectivity index (χ3n) is 4.99. The van der Waals surface area contributed by atoms with E-state index in [9.17, 15) is 9.59 Å². The van der Waals surface area contributed by atoms with Crippen molar-refractivity contribution in [2.24, 2.45) is 0 Å². The first kappa shape index (κ1) is 18.9. The Morgan fingerprint density at radius 3 is 2.67 bits per heavy atom. The Kier molecular flexibility index (Phi) is 6.06. The molecule has 6 heteroatoms. The maximum atomic E-state index is 12.4. The smallest absolute Gasteiger partial charge is 0.251 e. The lowest BCUT2D eigenvalue weighted by atomic mass is 9.90. The van der Waals surface area contributed by atoms with Gasteiger partial charge < -0.3 is 15.0 Å². The predicted octanol–water partition coefficient (Wildman–Crippen LogP) is 2.53. The van der Waals surface area contributed by atoms with E-state index in [1.165, 1.54) is 5.56 Å². The van der Waals surface area contributed by atoms with Crippen molar-refractivity contribution in [3.8, 4) is 5.75 Å². The fourth-order valence-corrected chi connectivity index (χ4v) is 3.32. The van der Waals surface area contributed by atoms with Gasteiger partial charge in [0.25, 0.3) is 5.91 Å². The number of aryl methyl sites for hydroxylation is 1. The van der Waals surface area contributed by atoms with Gasteiger partial charge in [0, 0.05) is 30.5 Å². The number of piperidine rings is 1. The van der Waals surface area contributed by atoms with Crippen molar-refractivity contribution in [3.05, 3.63) is 59.4 Å². The van der Waals surface area contributed by atoms with Crippen LogP contribution in [0.5, 0.6) is 5.75 Å². The lowest BCUT2D eigenvalue weighted by Gasteiger charge is -2.32. The van der Waals surface area contributed by atoms with E-state index in [2.05, 4.69) is 16.4 Å². The van der Waals surface area contributed by atoms with Gasteiger partial charge in [-0.3, -0.25) is 14.6 Å². The molecule has 27 heavy (non-hydrogen) atoms. The Morgan fingerprint density at radius 1 is 1.22 bits per heavy atom. The molecule has 0 unspecified atom stereocenters. The van der Waals surface area contributed by atoms with Crippen molar-refractivity contribution in [3.63, 3.8) is 0 Å². The fourth-order valence-electron chi connectivity index (χ4n) is 3.32. The van der Waals surface area contributed by atoms with Gasteiger partial charge >= 0.3 is 0 Å². The topological polar surface area (TPSA) is 71.5 Å². The fraction of sp³-hybridized carbons (Fsp3) is 0.381. The largest absolute Gasteiger partial charge is 0.497 e. The van der Waals surface area contributed by atoms with Crippen LogP contribution in [0.2, 0.25) is 0 Å². The van der Waals surface area contributed by atoms with Gasteiger partial charge in [0.05, 0.1) is 13.7 Å². The number of rotatable bonds is 5. The molecule has 0 spiro atoms. The second kappa shape index (κ2) is 8.66. The summed E-state index contributed by atoms with van der Waals surface area (Å²) in [5.74, 6) is 0.727. The first-order valence-electron chi connectivity index (χ1n) is 9.19. The van der Waals surface area contributed by atoms with Crippen molar-refractivity contribution in [1.82, 2.24) is 15.2 Å². The number of pyridine rings is 1. The van der Waals surface area contributed by atoms with Crippen LogP contribution in [0.25, 0.3) is 0 Å². The van der Waals surface area contributed by atoms with Crippen LogP contribution < -0.4 is 10.1 Å². The van der Waals surface area contributed by atoms with Crippen LogP contribution in [0.15, 0.2) is 42.6 Å². The van der Waals surface area contributed by atoms with Crippen molar-refractivity contribution in [2.75, 3.05) is 26.7 Å². The third kappa shape index (κ3) is 4.84. The molecular weight excluding hydrogens is 342 g/mol. The van der Waals surface area contributed by atoms with Gasteiger partial charge in [-0.05, 0) is 55.5 Å². The number of ether oxygens (including phenoxy) is 1. The average Bonchev–Trinajstić information content (AvgIpc) is 2.72. The molecule has 0 radical (unpaired) electrons. The Morgan fingerprint density at radius 2 is 2.00 bits per heavy atom. The number of hydrogen-bond donors (Lipinski definition) is 1. The summed E-state index contributed by atoms with van der Waals surface area (Å²) in [5, 5.41) is 2.70. The standard InChI is InChI=1S/C21H25N3O3/c1-15-6-7-18(13-22-15)16-8-10-24(11-9-16)20(25)14-23-21(26)17-4-3-5-19(12-17)27-2/h3-7,12-13,16H,8-11,14H2,1-2H3,(H,23,26). The van der Waals surface area contributed by atoms with E-state index in [1.54, 1.807) is 31.4 Å². The molecule has 1 aliphatic heterocycles. The van der Waals surface area contributed by atoms with Gasteiger partial charge in [0.1, 0.15) is 5.75 Å². The highest BCUT2D eigenvalue weighted by molar-refractivity contribution is 5.96. The normalized spacial score (nSPS) is 14.7. The van der Waals surface area contributed by atoms with E-state index in [1.807, 2.05) is 24.1 Å². The van der Waals surface area contributed by atoms with E-state index in [4.69, 9.17) is 4.74 Å². The number of carbonyl (C=O) groups excluding carboxylic acids is 2. The van der Waals surface area contributed by atoms with Gasteiger partial charge in [-0.25, -0.2) is 0 Å². The quantitative estimate of drug-likeness (QED) is 0.882. The van der Waals surface area contributed by atoms with E-state index >= 15 is 0 Å². The second-order valence-electron chi connectivity index (χ2n) is 6.80. The summed E-state index contributed by atoms with van der Waals surface area (Å²) in [6.45, 7) is 3.39. The molecule has 0 aliphatic carbocycles. The van der Waals surface area contributed by atoms with Gasteiger partial charge in [-0.2, -0.15) is 0 Å². The number of hydrogen-bond acceptors (Lipinski definition) is 4. The molecule has 1 fully saturated rings. The minimum atomic E-state index is -0.275. The highest BCUT2D eigenvalue weighted by atomic mass is 16.5. The highest BCUT2D eigenvalue weighted by Gasteiger charge is 2.24. The zero-order chi connectivity index (χ0) is 19.2. The van der Waals surface area contributed by atoms with E-state index in [-0.39, 0.29) is 18.4 Å². The van der Waals surface area contributed by atoms with Crippen molar-refractivity contribution < 1.29 is 14.3 Å². The lowest BCUT2D eigenvalue weighted by Crippen LogP contribution is -2.43. The van der Waals surface area contributed by atoms with Gasteiger partial charge in [-0.15, -0.1) is 0 Å². The first-order valence-corrected chi connectivity index (χ1v) is 9.19. The summed E-state index contributed by atoms with van der Waals surface area (Å²) < 4.78 is 5.12. The Labute approximate surface area is 159 Å². The predicted molar refractivity (Wildman–Crippen MR) is 103 cm³/mol. The molecular formula is C21H25N3O3. The van der Waals surface area contributed by atoms with E-state index < -0.39 is 0 Å². The molecule has 1 aromatic heterocycles. The van der Waals surface area contributed by atoms with Crippen molar-refractivity contribution >= 4 is 11.8 Å². The van der Waals surface area contributed by atoms with Crippen molar-refractivity contribution in [2.45, 2.75) is 25.7 Å². The van der Waals surface area contributed by atoms with Gasteiger partial charge in [0.2, 0.25) is 5.91 Å². The molecule has 1 aromatic carbocycles. The molecule has 6 nitrogen and oxygen atoms in total. The SMILES string of the molecule is COc1cccc(C(=O)NCC(=O)N2CCC(c3ccc(C)nc3)CC2)c1. The molecule has 3 rings (SSSR count). The highest BCUT2D eigenvalue weighted by Crippen LogP contribution is 2.27. The minimum Gasteiger partial charge on any atom is -0.497 e.